The van der Waals surface area contributed by atoms with E-state index in [4.69, 9.17) is 16.6 Å². The number of fused-ring (bicyclic) bond motifs is 1. The van der Waals surface area contributed by atoms with Crippen LogP contribution in [0.1, 0.15) is 50.6 Å². The Bertz CT molecular complexity index is 793. The SMILES string of the molecule is CC(NC1=Nc2ccccc2NC12CCCCC2)c1cccc(Cl)c1. The van der Waals surface area contributed by atoms with Gasteiger partial charge in [0.2, 0.25) is 0 Å². The molecule has 1 saturated carbocycles. The van der Waals surface area contributed by atoms with Gasteiger partial charge in [0.05, 0.1) is 16.9 Å². The van der Waals surface area contributed by atoms with Crippen LogP contribution in [0.5, 0.6) is 0 Å². The van der Waals surface area contributed by atoms with E-state index in [2.05, 4.69) is 41.8 Å². The summed E-state index contributed by atoms with van der Waals surface area (Å²) in [5.41, 5.74) is 3.27. The average Bonchev–Trinajstić information content (AvgIpc) is 2.63. The first kappa shape index (κ1) is 16.5. The van der Waals surface area contributed by atoms with Crippen LogP contribution in [-0.2, 0) is 0 Å². The molecule has 0 radical (unpaired) electrons. The zero-order valence-electron chi connectivity index (χ0n) is 14.6. The average molecular weight is 354 g/mol. The normalized spacial score (nSPS) is 19.5. The summed E-state index contributed by atoms with van der Waals surface area (Å²) in [6.07, 6.45) is 6.02. The number of halogens is 1. The molecule has 1 aliphatic carbocycles. The van der Waals surface area contributed by atoms with Crippen LogP contribution in [0.4, 0.5) is 11.4 Å². The zero-order chi connectivity index (χ0) is 17.3. The largest absolute Gasteiger partial charge is 0.371 e. The van der Waals surface area contributed by atoms with Gasteiger partial charge in [-0.15, -0.1) is 0 Å². The molecule has 1 unspecified atom stereocenters. The first-order chi connectivity index (χ1) is 12.2. The van der Waals surface area contributed by atoms with Crippen LogP contribution >= 0.6 is 11.6 Å². The van der Waals surface area contributed by atoms with E-state index in [1.807, 2.05) is 24.3 Å². The number of rotatable bonds is 2. The molecule has 130 valence electrons. The molecule has 25 heavy (non-hydrogen) atoms. The summed E-state index contributed by atoms with van der Waals surface area (Å²) in [5.74, 6) is 1.07. The highest BCUT2D eigenvalue weighted by molar-refractivity contribution is 6.30. The second-order valence-electron chi connectivity index (χ2n) is 7.17. The predicted molar refractivity (Wildman–Crippen MR) is 106 cm³/mol. The van der Waals surface area contributed by atoms with Crippen LogP contribution in [0.3, 0.4) is 0 Å². The molecule has 4 heteroatoms. The van der Waals surface area contributed by atoms with E-state index >= 15 is 0 Å². The lowest BCUT2D eigenvalue weighted by Crippen LogP contribution is -2.55. The van der Waals surface area contributed by atoms with Crippen molar-refractivity contribution in [3.05, 3.63) is 59.1 Å². The van der Waals surface area contributed by atoms with E-state index in [-0.39, 0.29) is 11.6 Å². The highest BCUT2D eigenvalue weighted by Crippen LogP contribution is 2.40. The van der Waals surface area contributed by atoms with Gasteiger partial charge in [-0.25, -0.2) is 4.99 Å². The highest BCUT2D eigenvalue weighted by atomic mass is 35.5. The van der Waals surface area contributed by atoms with Gasteiger partial charge in [-0.2, -0.15) is 0 Å². The van der Waals surface area contributed by atoms with Crippen molar-refractivity contribution < 1.29 is 0 Å². The molecule has 1 aliphatic heterocycles. The number of nitrogens with zero attached hydrogens (tertiary/aromatic N) is 1. The van der Waals surface area contributed by atoms with Crippen molar-refractivity contribution in [2.45, 2.75) is 50.6 Å². The summed E-state index contributed by atoms with van der Waals surface area (Å²) in [6, 6.07) is 16.5. The van der Waals surface area contributed by atoms with Gasteiger partial charge in [0, 0.05) is 11.1 Å². The number of nitrogens with one attached hydrogen (secondary N) is 2. The van der Waals surface area contributed by atoms with Crippen LogP contribution in [0.25, 0.3) is 0 Å². The van der Waals surface area contributed by atoms with Crippen molar-refractivity contribution in [3.63, 3.8) is 0 Å². The molecule has 0 aromatic heterocycles. The molecule has 1 heterocycles. The standard InChI is InChI=1S/C21H24ClN3/c1-15(16-8-7-9-17(22)14-16)23-20-21(12-5-2-6-13-21)25-19-11-4-3-10-18(19)24-20/h3-4,7-11,14-15,25H,2,5-6,12-13H2,1H3,(H,23,24). The molecule has 0 saturated heterocycles. The summed E-state index contributed by atoms with van der Waals surface area (Å²) >= 11 is 6.17. The third-order valence-electron chi connectivity index (χ3n) is 5.37. The fraction of sp³-hybridized carbons (Fsp3) is 0.381. The number of para-hydroxylation sites is 2. The summed E-state index contributed by atoms with van der Waals surface area (Å²) < 4.78 is 0. The minimum atomic E-state index is -0.0700. The third kappa shape index (κ3) is 3.25. The van der Waals surface area contributed by atoms with Crippen LogP contribution < -0.4 is 10.6 Å². The van der Waals surface area contributed by atoms with Gasteiger partial charge in [-0.3, -0.25) is 0 Å². The fourth-order valence-corrected chi connectivity index (χ4v) is 4.17. The van der Waals surface area contributed by atoms with E-state index < -0.39 is 0 Å². The van der Waals surface area contributed by atoms with Gasteiger partial charge in [0.15, 0.2) is 0 Å². The molecule has 2 N–H and O–H groups in total. The molecule has 0 bridgehead atoms. The van der Waals surface area contributed by atoms with Gasteiger partial charge >= 0.3 is 0 Å². The Labute approximate surface area is 154 Å². The Morgan fingerprint density at radius 1 is 1.08 bits per heavy atom. The number of amidine groups is 1. The van der Waals surface area contributed by atoms with Crippen molar-refractivity contribution in [2.75, 3.05) is 5.32 Å². The van der Waals surface area contributed by atoms with E-state index in [1.165, 1.54) is 24.8 Å². The van der Waals surface area contributed by atoms with Gasteiger partial charge in [0.1, 0.15) is 5.84 Å². The lowest BCUT2D eigenvalue weighted by atomic mass is 9.79. The summed E-state index contributed by atoms with van der Waals surface area (Å²) in [7, 11) is 0. The van der Waals surface area contributed by atoms with Crippen molar-refractivity contribution in [1.82, 2.24) is 5.32 Å². The summed E-state index contributed by atoms with van der Waals surface area (Å²) in [4.78, 5) is 5.02. The Kier molecular flexibility index (Phi) is 4.43. The first-order valence-electron chi connectivity index (χ1n) is 9.15. The molecule has 2 aliphatic rings. The second-order valence-corrected chi connectivity index (χ2v) is 7.60. The Morgan fingerprint density at radius 3 is 2.68 bits per heavy atom. The minimum absolute atomic E-state index is 0.0700. The highest BCUT2D eigenvalue weighted by Gasteiger charge is 2.40. The minimum Gasteiger partial charge on any atom is -0.371 e. The van der Waals surface area contributed by atoms with Crippen molar-refractivity contribution in [2.24, 2.45) is 4.99 Å². The summed E-state index contributed by atoms with van der Waals surface area (Å²) in [5, 5.41) is 8.27. The first-order valence-corrected chi connectivity index (χ1v) is 9.52. The molecular formula is C21H24ClN3. The van der Waals surface area contributed by atoms with Crippen molar-refractivity contribution in [3.8, 4) is 0 Å². The number of anilines is 1. The molecule has 1 spiro atoms. The quantitative estimate of drug-likeness (QED) is 0.710. The maximum absolute atomic E-state index is 6.17. The smallest absolute Gasteiger partial charge is 0.129 e. The number of hydrogen-bond donors (Lipinski definition) is 2. The van der Waals surface area contributed by atoms with Gasteiger partial charge in [-0.05, 0) is 49.6 Å². The number of hydrogen-bond acceptors (Lipinski definition) is 3. The Morgan fingerprint density at radius 2 is 1.88 bits per heavy atom. The molecule has 3 nitrogen and oxygen atoms in total. The van der Waals surface area contributed by atoms with Gasteiger partial charge < -0.3 is 10.6 Å². The summed E-state index contributed by atoms with van der Waals surface area (Å²) in [6.45, 7) is 2.17. The molecule has 1 atom stereocenters. The van der Waals surface area contributed by atoms with Crippen LogP contribution in [0, 0.1) is 0 Å². The lowest BCUT2D eigenvalue weighted by Gasteiger charge is -2.43. The maximum Gasteiger partial charge on any atom is 0.129 e. The Hall–Kier alpha value is -2.00. The van der Waals surface area contributed by atoms with Crippen LogP contribution in [0.2, 0.25) is 5.02 Å². The molecule has 1 fully saturated rings. The fourth-order valence-electron chi connectivity index (χ4n) is 3.97. The zero-order valence-corrected chi connectivity index (χ0v) is 15.3. The van der Waals surface area contributed by atoms with Crippen molar-refractivity contribution in [1.29, 1.82) is 0 Å². The predicted octanol–water partition coefficient (Wildman–Crippen LogP) is 5.85. The monoisotopic (exact) mass is 353 g/mol. The molecule has 4 rings (SSSR count). The molecule has 0 amide bonds. The van der Waals surface area contributed by atoms with E-state index in [1.54, 1.807) is 0 Å². The lowest BCUT2D eigenvalue weighted by molar-refractivity contribution is 0.393. The van der Waals surface area contributed by atoms with Gasteiger partial charge in [-0.1, -0.05) is 55.1 Å². The topological polar surface area (TPSA) is 36.4 Å². The van der Waals surface area contributed by atoms with Crippen molar-refractivity contribution >= 4 is 28.8 Å². The molecular weight excluding hydrogens is 330 g/mol. The number of aliphatic imine (C=N–C) groups is 1. The van der Waals surface area contributed by atoms with Crippen LogP contribution in [0.15, 0.2) is 53.5 Å². The molecule has 2 aromatic rings. The maximum atomic E-state index is 6.17. The Balaban J connectivity index is 1.67. The van der Waals surface area contributed by atoms with E-state index in [0.29, 0.717) is 0 Å². The molecule has 2 aromatic carbocycles. The second kappa shape index (κ2) is 6.72. The third-order valence-corrected chi connectivity index (χ3v) is 5.61. The number of benzene rings is 2. The van der Waals surface area contributed by atoms with Crippen LogP contribution in [-0.4, -0.2) is 11.4 Å². The van der Waals surface area contributed by atoms with E-state index in [9.17, 15) is 0 Å². The van der Waals surface area contributed by atoms with E-state index in [0.717, 1.165) is 35.1 Å². The van der Waals surface area contributed by atoms with Gasteiger partial charge in [0.25, 0.3) is 0 Å².